The third kappa shape index (κ3) is 3.23. The SMILES string of the molecule is Nc1ncc(-c2cc3n(n2)CC[C@@]32CCN(C[C@H]3CCC(=O)N3)C2)cc1C(F)(F)F. The summed E-state index contributed by atoms with van der Waals surface area (Å²) in [6.07, 6.45) is 0.201. The molecule has 5 heterocycles. The summed E-state index contributed by atoms with van der Waals surface area (Å²) in [5, 5.41) is 7.58. The second kappa shape index (κ2) is 6.69. The number of likely N-dealkylation sites (tertiary alicyclic amines) is 1. The predicted molar refractivity (Wildman–Crippen MR) is 103 cm³/mol. The smallest absolute Gasteiger partial charge is 0.383 e. The van der Waals surface area contributed by atoms with Crippen molar-refractivity contribution < 1.29 is 18.0 Å². The van der Waals surface area contributed by atoms with Crippen LogP contribution in [-0.4, -0.2) is 51.2 Å². The number of fused-ring (bicyclic) bond motifs is 2. The quantitative estimate of drug-likeness (QED) is 0.795. The van der Waals surface area contributed by atoms with Crippen molar-refractivity contribution in [2.45, 2.75) is 49.9 Å². The molecule has 0 radical (unpaired) electrons. The first-order valence-electron chi connectivity index (χ1n) is 10.2. The fourth-order valence-electron chi connectivity index (χ4n) is 5.10. The minimum Gasteiger partial charge on any atom is -0.383 e. The lowest BCUT2D eigenvalue weighted by Gasteiger charge is -2.25. The molecule has 5 rings (SSSR count). The topological polar surface area (TPSA) is 89.1 Å². The van der Waals surface area contributed by atoms with Gasteiger partial charge in [-0.1, -0.05) is 0 Å². The van der Waals surface area contributed by atoms with E-state index in [2.05, 4.69) is 20.3 Å². The number of hydrogen-bond acceptors (Lipinski definition) is 5. The summed E-state index contributed by atoms with van der Waals surface area (Å²) in [4.78, 5) is 17.6. The van der Waals surface area contributed by atoms with Crippen LogP contribution in [0, 0.1) is 0 Å². The highest BCUT2D eigenvalue weighted by atomic mass is 19.4. The van der Waals surface area contributed by atoms with Gasteiger partial charge in [0.25, 0.3) is 0 Å². The van der Waals surface area contributed by atoms with Crippen LogP contribution in [0.1, 0.15) is 36.9 Å². The van der Waals surface area contributed by atoms with Gasteiger partial charge in [0.15, 0.2) is 0 Å². The van der Waals surface area contributed by atoms with E-state index in [-0.39, 0.29) is 17.4 Å². The maximum Gasteiger partial charge on any atom is 0.419 e. The standard InChI is InChI=1S/C20H23F3N6O/c21-20(22,23)14-7-12(9-25-18(14)24)15-8-16-19(4-6-29(16)27-15)3-5-28(11-19)10-13-1-2-17(30)26-13/h7-9,13H,1-6,10-11H2,(H2,24,25)(H,26,30)/t13-,19-/m1/s1. The van der Waals surface area contributed by atoms with Crippen LogP contribution in [-0.2, 0) is 22.9 Å². The summed E-state index contributed by atoms with van der Waals surface area (Å²) in [6, 6.07) is 3.13. The van der Waals surface area contributed by atoms with Gasteiger partial charge in [-0.3, -0.25) is 9.48 Å². The Labute approximate surface area is 171 Å². The van der Waals surface area contributed by atoms with Gasteiger partial charge < -0.3 is 16.0 Å². The summed E-state index contributed by atoms with van der Waals surface area (Å²) >= 11 is 0. The van der Waals surface area contributed by atoms with Gasteiger partial charge in [0, 0.05) is 55.0 Å². The number of pyridine rings is 1. The molecule has 2 aromatic heterocycles. The largest absolute Gasteiger partial charge is 0.419 e. The zero-order chi connectivity index (χ0) is 21.1. The number of nitrogens with zero attached hydrogens (tertiary/aromatic N) is 4. The number of hydrogen-bond donors (Lipinski definition) is 2. The van der Waals surface area contributed by atoms with Crippen LogP contribution >= 0.6 is 0 Å². The number of nitrogen functional groups attached to an aromatic ring is 1. The molecule has 2 saturated heterocycles. The van der Waals surface area contributed by atoms with Crippen LogP contribution in [0.15, 0.2) is 18.3 Å². The Morgan fingerprint density at radius 3 is 2.80 bits per heavy atom. The van der Waals surface area contributed by atoms with E-state index in [1.807, 2.05) is 10.7 Å². The number of alkyl halides is 3. The van der Waals surface area contributed by atoms with Crippen LogP contribution in [0.3, 0.4) is 0 Å². The molecular weight excluding hydrogens is 397 g/mol. The molecule has 0 saturated carbocycles. The Morgan fingerprint density at radius 2 is 2.07 bits per heavy atom. The molecule has 0 unspecified atom stereocenters. The van der Waals surface area contributed by atoms with Crippen molar-refractivity contribution in [2.24, 2.45) is 0 Å². The molecular formula is C20H23F3N6O. The van der Waals surface area contributed by atoms with Crippen molar-refractivity contribution >= 4 is 11.7 Å². The van der Waals surface area contributed by atoms with Crippen molar-refractivity contribution in [3.8, 4) is 11.3 Å². The van der Waals surface area contributed by atoms with E-state index in [4.69, 9.17) is 5.73 Å². The normalized spacial score (nSPS) is 26.5. The Hall–Kier alpha value is -2.62. The molecule has 1 spiro atoms. The summed E-state index contributed by atoms with van der Waals surface area (Å²) in [5.41, 5.74) is 6.32. The summed E-state index contributed by atoms with van der Waals surface area (Å²) in [5.74, 6) is -0.410. The Balaban J connectivity index is 1.38. The third-order valence-electron chi connectivity index (χ3n) is 6.64. The van der Waals surface area contributed by atoms with E-state index in [0.717, 1.165) is 57.2 Å². The van der Waals surface area contributed by atoms with Gasteiger partial charge in [0.1, 0.15) is 5.82 Å². The summed E-state index contributed by atoms with van der Waals surface area (Å²) in [7, 11) is 0. The first kappa shape index (κ1) is 19.3. The predicted octanol–water partition coefficient (Wildman–Crippen LogP) is 2.17. The monoisotopic (exact) mass is 420 g/mol. The zero-order valence-electron chi connectivity index (χ0n) is 16.4. The van der Waals surface area contributed by atoms with E-state index < -0.39 is 17.6 Å². The lowest BCUT2D eigenvalue weighted by atomic mass is 9.82. The highest BCUT2D eigenvalue weighted by Gasteiger charge is 2.46. The number of rotatable bonds is 3. The molecule has 2 fully saturated rings. The van der Waals surface area contributed by atoms with Crippen molar-refractivity contribution in [1.29, 1.82) is 0 Å². The number of carbonyl (C=O) groups is 1. The molecule has 0 aliphatic carbocycles. The molecule has 3 aliphatic rings. The highest BCUT2D eigenvalue weighted by Crippen LogP contribution is 2.44. The van der Waals surface area contributed by atoms with E-state index in [9.17, 15) is 18.0 Å². The lowest BCUT2D eigenvalue weighted by molar-refractivity contribution is -0.137. The molecule has 3 aliphatic heterocycles. The van der Waals surface area contributed by atoms with Crippen molar-refractivity contribution in [3.05, 3.63) is 29.6 Å². The first-order chi connectivity index (χ1) is 14.2. The molecule has 160 valence electrons. The molecule has 3 N–H and O–H groups in total. The fraction of sp³-hybridized carbons (Fsp3) is 0.550. The fourth-order valence-corrected chi connectivity index (χ4v) is 5.10. The first-order valence-corrected chi connectivity index (χ1v) is 10.2. The van der Waals surface area contributed by atoms with Crippen LogP contribution in [0.5, 0.6) is 0 Å². The number of halogens is 3. The average Bonchev–Trinajstić information content (AvgIpc) is 3.43. The van der Waals surface area contributed by atoms with Gasteiger partial charge in [-0.05, 0) is 37.9 Å². The van der Waals surface area contributed by atoms with Gasteiger partial charge in [0.05, 0.1) is 11.3 Å². The molecule has 30 heavy (non-hydrogen) atoms. The van der Waals surface area contributed by atoms with E-state index >= 15 is 0 Å². The number of nitrogens with one attached hydrogen (secondary N) is 1. The Morgan fingerprint density at radius 1 is 1.27 bits per heavy atom. The van der Waals surface area contributed by atoms with Crippen molar-refractivity contribution in [3.63, 3.8) is 0 Å². The van der Waals surface area contributed by atoms with Gasteiger partial charge in [0.2, 0.25) is 5.91 Å². The second-order valence-corrected chi connectivity index (χ2v) is 8.61. The number of carbonyl (C=O) groups excluding carboxylic acids is 1. The Bertz CT molecular complexity index is 1000. The molecule has 0 bridgehead atoms. The molecule has 1 amide bonds. The molecule has 2 aromatic rings. The molecule has 0 aromatic carbocycles. The van der Waals surface area contributed by atoms with Crippen LogP contribution in [0.4, 0.5) is 19.0 Å². The number of amides is 1. The minimum atomic E-state index is -4.56. The summed E-state index contributed by atoms with van der Waals surface area (Å²) in [6.45, 7) is 3.40. The van der Waals surface area contributed by atoms with Crippen molar-refractivity contribution in [1.82, 2.24) is 25.0 Å². The van der Waals surface area contributed by atoms with Crippen molar-refractivity contribution in [2.75, 3.05) is 25.4 Å². The number of anilines is 1. The third-order valence-corrected chi connectivity index (χ3v) is 6.64. The van der Waals surface area contributed by atoms with E-state index in [1.54, 1.807) is 0 Å². The minimum absolute atomic E-state index is 0.0397. The van der Waals surface area contributed by atoms with Gasteiger partial charge in [-0.25, -0.2) is 4.98 Å². The number of aryl methyl sites for hydroxylation is 1. The maximum atomic E-state index is 13.2. The Kier molecular flexibility index (Phi) is 4.32. The zero-order valence-corrected chi connectivity index (χ0v) is 16.4. The van der Waals surface area contributed by atoms with E-state index in [0.29, 0.717) is 17.7 Å². The molecule has 10 heteroatoms. The van der Waals surface area contributed by atoms with Crippen LogP contribution in [0.2, 0.25) is 0 Å². The maximum absolute atomic E-state index is 13.2. The summed E-state index contributed by atoms with van der Waals surface area (Å²) < 4.78 is 41.5. The van der Waals surface area contributed by atoms with Crippen LogP contribution < -0.4 is 11.1 Å². The van der Waals surface area contributed by atoms with Gasteiger partial charge in [-0.2, -0.15) is 18.3 Å². The van der Waals surface area contributed by atoms with E-state index in [1.165, 1.54) is 6.20 Å². The highest BCUT2D eigenvalue weighted by molar-refractivity contribution is 5.78. The molecule has 2 atom stereocenters. The number of nitrogens with two attached hydrogens (primary N) is 1. The molecule has 7 nitrogen and oxygen atoms in total. The van der Waals surface area contributed by atoms with Gasteiger partial charge in [-0.15, -0.1) is 0 Å². The van der Waals surface area contributed by atoms with Crippen LogP contribution in [0.25, 0.3) is 11.3 Å². The number of aromatic nitrogens is 3. The lowest BCUT2D eigenvalue weighted by Crippen LogP contribution is -2.39. The average molecular weight is 420 g/mol. The second-order valence-electron chi connectivity index (χ2n) is 8.61. The van der Waals surface area contributed by atoms with Gasteiger partial charge >= 0.3 is 6.18 Å².